The van der Waals surface area contributed by atoms with Crippen LogP contribution in [0.5, 0.6) is 5.75 Å². The molecule has 1 aromatic rings. The molecule has 1 aromatic carbocycles. The van der Waals surface area contributed by atoms with Gasteiger partial charge in [-0.05, 0) is 117 Å². The third-order valence-electron chi connectivity index (χ3n) is 9.57. The van der Waals surface area contributed by atoms with Gasteiger partial charge in [0.05, 0.1) is 11.7 Å². The zero-order valence-electron chi connectivity index (χ0n) is 18.6. The average Bonchev–Trinajstić information content (AvgIpc) is 3.32. The SMILES string of the molecule is CCCCC1(O)CCC2C3CCc4cc(OC5CCCC5)ccc4C3CCC21C. The summed E-state index contributed by atoms with van der Waals surface area (Å²) in [6.07, 6.45) is 16.1. The normalized spacial score (nSPS) is 39.1. The monoisotopic (exact) mass is 396 g/mol. The Labute approximate surface area is 177 Å². The van der Waals surface area contributed by atoms with E-state index >= 15 is 0 Å². The lowest BCUT2D eigenvalue weighted by molar-refractivity contribution is -0.108. The smallest absolute Gasteiger partial charge is 0.120 e. The molecule has 2 heteroatoms. The van der Waals surface area contributed by atoms with Gasteiger partial charge < -0.3 is 9.84 Å². The minimum absolute atomic E-state index is 0.131. The Balaban J connectivity index is 1.35. The standard InChI is InChI=1S/C27H40O2/c1-3-4-15-27(28)17-14-25-24-11-9-19-18-21(29-20-7-5-6-8-20)10-12-22(19)23(24)13-16-26(25,27)2/h10,12,18,20,23-25,28H,3-9,11,13-17H2,1-2H3. The second kappa shape index (κ2) is 7.59. The van der Waals surface area contributed by atoms with Crippen molar-refractivity contribution in [2.45, 2.75) is 115 Å². The molecule has 0 bridgehead atoms. The van der Waals surface area contributed by atoms with E-state index in [0.717, 1.165) is 24.5 Å². The number of hydrogen-bond donors (Lipinski definition) is 1. The molecule has 3 saturated carbocycles. The number of aryl methyl sites for hydroxylation is 1. The van der Waals surface area contributed by atoms with Crippen molar-refractivity contribution in [3.8, 4) is 5.75 Å². The van der Waals surface area contributed by atoms with Gasteiger partial charge in [0.15, 0.2) is 0 Å². The lowest BCUT2D eigenvalue weighted by Gasteiger charge is -2.53. The van der Waals surface area contributed by atoms with Crippen LogP contribution in [0.4, 0.5) is 0 Å². The van der Waals surface area contributed by atoms with E-state index in [4.69, 9.17) is 4.74 Å². The fraction of sp³-hybridized carbons (Fsp3) is 0.778. The zero-order valence-corrected chi connectivity index (χ0v) is 18.6. The lowest BCUT2D eigenvalue weighted by atomic mass is 9.53. The first-order valence-electron chi connectivity index (χ1n) is 12.6. The molecule has 0 saturated heterocycles. The summed E-state index contributed by atoms with van der Waals surface area (Å²) in [6.45, 7) is 4.68. The maximum atomic E-state index is 11.6. The van der Waals surface area contributed by atoms with Gasteiger partial charge in [0.25, 0.3) is 0 Å². The number of aliphatic hydroxyl groups is 1. The quantitative estimate of drug-likeness (QED) is 0.594. The molecule has 0 spiro atoms. The first-order valence-corrected chi connectivity index (χ1v) is 12.6. The molecule has 4 aliphatic rings. The summed E-state index contributed by atoms with van der Waals surface area (Å²) in [6, 6.07) is 7.01. The maximum Gasteiger partial charge on any atom is 0.120 e. The van der Waals surface area contributed by atoms with Gasteiger partial charge in [-0.25, -0.2) is 0 Å². The Morgan fingerprint density at radius 2 is 1.90 bits per heavy atom. The Morgan fingerprint density at radius 1 is 1.07 bits per heavy atom. The van der Waals surface area contributed by atoms with Crippen molar-refractivity contribution < 1.29 is 9.84 Å². The molecule has 0 aromatic heterocycles. The van der Waals surface area contributed by atoms with Crippen molar-refractivity contribution in [3.05, 3.63) is 29.3 Å². The summed E-state index contributed by atoms with van der Waals surface area (Å²) in [5, 5.41) is 11.6. The largest absolute Gasteiger partial charge is 0.490 e. The first-order chi connectivity index (χ1) is 14.0. The Morgan fingerprint density at radius 3 is 2.69 bits per heavy atom. The van der Waals surface area contributed by atoms with Gasteiger partial charge in [-0.15, -0.1) is 0 Å². The lowest BCUT2D eigenvalue weighted by Crippen LogP contribution is -2.50. The van der Waals surface area contributed by atoms with Crippen LogP contribution in [-0.4, -0.2) is 16.8 Å². The summed E-state index contributed by atoms with van der Waals surface area (Å²) in [5.41, 5.74) is 2.86. The third kappa shape index (κ3) is 3.25. The van der Waals surface area contributed by atoms with Crippen LogP contribution >= 0.6 is 0 Å². The summed E-state index contributed by atoms with van der Waals surface area (Å²) in [4.78, 5) is 0. The van der Waals surface area contributed by atoms with Gasteiger partial charge in [-0.3, -0.25) is 0 Å². The second-order valence-electron chi connectivity index (χ2n) is 10.9. The minimum Gasteiger partial charge on any atom is -0.490 e. The molecule has 0 heterocycles. The number of unbranched alkanes of at least 4 members (excludes halogenated alkanes) is 1. The molecule has 0 aliphatic heterocycles. The van der Waals surface area contributed by atoms with Crippen LogP contribution in [0.25, 0.3) is 0 Å². The van der Waals surface area contributed by atoms with Crippen LogP contribution in [-0.2, 0) is 6.42 Å². The van der Waals surface area contributed by atoms with Gasteiger partial charge in [0.1, 0.15) is 5.75 Å². The topological polar surface area (TPSA) is 29.5 Å². The van der Waals surface area contributed by atoms with Gasteiger partial charge in [0.2, 0.25) is 0 Å². The molecule has 4 aliphatic carbocycles. The molecule has 2 nitrogen and oxygen atoms in total. The average molecular weight is 397 g/mol. The Kier molecular flexibility index (Phi) is 5.21. The number of rotatable bonds is 5. The molecule has 0 amide bonds. The Bertz CT molecular complexity index is 736. The first kappa shape index (κ1) is 19.9. The van der Waals surface area contributed by atoms with Crippen molar-refractivity contribution in [1.29, 1.82) is 0 Å². The number of ether oxygens (including phenoxy) is 1. The molecule has 5 unspecified atom stereocenters. The summed E-state index contributed by atoms with van der Waals surface area (Å²) in [5.74, 6) is 3.26. The molecular formula is C27H40O2. The molecule has 29 heavy (non-hydrogen) atoms. The minimum atomic E-state index is -0.419. The van der Waals surface area contributed by atoms with Gasteiger partial charge >= 0.3 is 0 Å². The molecule has 3 fully saturated rings. The molecule has 1 N–H and O–H groups in total. The van der Waals surface area contributed by atoms with E-state index in [-0.39, 0.29) is 5.41 Å². The number of benzene rings is 1. The molecule has 0 radical (unpaired) electrons. The molecular weight excluding hydrogens is 356 g/mol. The van der Waals surface area contributed by atoms with Crippen LogP contribution in [0, 0.1) is 17.3 Å². The van der Waals surface area contributed by atoms with E-state index in [2.05, 4.69) is 32.0 Å². The van der Waals surface area contributed by atoms with Crippen molar-refractivity contribution in [2.24, 2.45) is 17.3 Å². The van der Waals surface area contributed by atoms with Crippen LogP contribution < -0.4 is 4.74 Å². The van der Waals surface area contributed by atoms with Gasteiger partial charge in [-0.2, -0.15) is 0 Å². The number of hydrogen-bond acceptors (Lipinski definition) is 2. The highest BCUT2D eigenvalue weighted by Crippen LogP contribution is 2.65. The van der Waals surface area contributed by atoms with Crippen molar-refractivity contribution in [2.75, 3.05) is 0 Å². The van der Waals surface area contributed by atoms with Gasteiger partial charge in [0, 0.05) is 0 Å². The van der Waals surface area contributed by atoms with Crippen molar-refractivity contribution >= 4 is 0 Å². The summed E-state index contributed by atoms with van der Waals surface area (Å²) < 4.78 is 6.29. The third-order valence-corrected chi connectivity index (χ3v) is 9.57. The van der Waals surface area contributed by atoms with Crippen LogP contribution in [0.2, 0.25) is 0 Å². The summed E-state index contributed by atoms with van der Waals surface area (Å²) >= 11 is 0. The Hall–Kier alpha value is -1.02. The molecule has 5 atom stereocenters. The summed E-state index contributed by atoms with van der Waals surface area (Å²) in [7, 11) is 0. The van der Waals surface area contributed by atoms with E-state index < -0.39 is 5.60 Å². The van der Waals surface area contributed by atoms with Crippen LogP contribution in [0.1, 0.15) is 108 Å². The highest BCUT2D eigenvalue weighted by Gasteiger charge is 2.60. The predicted molar refractivity (Wildman–Crippen MR) is 118 cm³/mol. The maximum absolute atomic E-state index is 11.6. The van der Waals surface area contributed by atoms with E-state index in [9.17, 15) is 5.11 Å². The van der Waals surface area contributed by atoms with E-state index in [1.165, 1.54) is 70.6 Å². The molecule has 5 rings (SSSR count). The number of fused-ring (bicyclic) bond motifs is 5. The second-order valence-corrected chi connectivity index (χ2v) is 10.9. The zero-order chi connectivity index (χ0) is 20.1. The predicted octanol–water partition coefficient (Wildman–Crippen LogP) is 6.79. The van der Waals surface area contributed by atoms with E-state index in [0.29, 0.717) is 17.9 Å². The highest BCUT2D eigenvalue weighted by molar-refractivity contribution is 5.41. The van der Waals surface area contributed by atoms with Crippen LogP contribution in [0.15, 0.2) is 18.2 Å². The molecule has 160 valence electrons. The fourth-order valence-corrected chi connectivity index (χ4v) is 7.82. The van der Waals surface area contributed by atoms with E-state index in [1.807, 2.05) is 0 Å². The van der Waals surface area contributed by atoms with Crippen molar-refractivity contribution in [1.82, 2.24) is 0 Å². The van der Waals surface area contributed by atoms with Crippen LogP contribution in [0.3, 0.4) is 0 Å². The fourth-order valence-electron chi connectivity index (χ4n) is 7.82. The van der Waals surface area contributed by atoms with Gasteiger partial charge in [-0.1, -0.05) is 32.8 Å². The van der Waals surface area contributed by atoms with Crippen molar-refractivity contribution in [3.63, 3.8) is 0 Å². The highest BCUT2D eigenvalue weighted by atomic mass is 16.5. The van der Waals surface area contributed by atoms with E-state index in [1.54, 1.807) is 11.1 Å².